The van der Waals surface area contributed by atoms with Crippen LogP contribution in [0.4, 0.5) is 15.0 Å². The van der Waals surface area contributed by atoms with Gasteiger partial charge in [-0.05, 0) is 55.9 Å². The van der Waals surface area contributed by atoms with Crippen LogP contribution in [0.2, 0.25) is 5.15 Å². The molecule has 4 rings (SSSR count). The summed E-state index contributed by atoms with van der Waals surface area (Å²) in [6.45, 7) is 1.12. The molecule has 3 aromatic heterocycles. The number of carboxylic acid groups (broad SMARTS) is 1. The first-order chi connectivity index (χ1) is 15.0. The molecule has 4 heterocycles. The maximum Gasteiger partial charge on any atom is 0.407 e. The average Bonchev–Trinajstić information content (AvgIpc) is 3.25. The Bertz CT molecular complexity index is 1100. The number of unbranched alkanes of at least 4 members (excludes halogenated alkanes) is 1. The zero-order valence-corrected chi connectivity index (χ0v) is 17.5. The topological polar surface area (TPSA) is 104 Å². The summed E-state index contributed by atoms with van der Waals surface area (Å²) in [7, 11) is 0. The van der Waals surface area contributed by atoms with E-state index in [1.54, 1.807) is 12.1 Å². The van der Waals surface area contributed by atoms with E-state index in [1.165, 1.54) is 23.5 Å². The van der Waals surface area contributed by atoms with Crippen LogP contribution < -0.4 is 5.32 Å². The van der Waals surface area contributed by atoms with Crippen molar-refractivity contribution in [3.8, 4) is 0 Å². The highest BCUT2D eigenvalue weighted by Crippen LogP contribution is 2.34. The van der Waals surface area contributed by atoms with Crippen LogP contribution >= 0.6 is 11.6 Å². The molecule has 1 fully saturated rings. The minimum Gasteiger partial charge on any atom is -0.465 e. The van der Waals surface area contributed by atoms with Gasteiger partial charge in [0.1, 0.15) is 22.8 Å². The second kappa shape index (κ2) is 9.38. The van der Waals surface area contributed by atoms with E-state index in [4.69, 9.17) is 11.6 Å². The number of aromatic nitrogens is 4. The minimum absolute atomic E-state index is 0.336. The molecule has 1 unspecified atom stereocenters. The lowest BCUT2D eigenvalue weighted by atomic mass is 9.99. The number of nitrogens with one attached hydrogen (secondary N) is 1. The van der Waals surface area contributed by atoms with Crippen LogP contribution in [0, 0.1) is 5.82 Å². The van der Waals surface area contributed by atoms with Gasteiger partial charge in [0.15, 0.2) is 5.82 Å². The molecule has 3 aromatic rings. The Morgan fingerprint density at radius 2 is 2.16 bits per heavy atom. The Morgan fingerprint density at radius 3 is 3.00 bits per heavy atom. The highest BCUT2D eigenvalue weighted by atomic mass is 35.5. The fraction of sp³-hybridized carbons (Fsp3) is 0.381. The third-order valence-corrected chi connectivity index (χ3v) is 5.62. The van der Waals surface area contributed by atoms with Crippen LogP contribution in [0.15, 0.2) is 30.7 Å². The predicted octanol–water partition coefficient (Wildman–Crippen LogP) is 4.46. The van der Waals surface area contributed by atoms with E-state index in [0.717, 1.165) is 25.0 Å². The SMILES string of the molecule is O=C(O)N1CCCC1c1cc(F)cnc1CCCCNc1ncnc2ccc(Cl)nc12. The van der Waals surface area contributed by atoms with Gasteiger partial charge in [0.25, 0.3) is 0 Å². The summed E-state index contributed by atoms with van der Waals surface area (Å²) in [6.07, 6.45) is 5.39. The molecular weight excluding hydrogens is 423 g/mol. The molecule has 0 saturated carbocycles. The third kappa shape index (κ3) is 4.82. The summed E-state index contributed by atoms with van der Waals surface area (Å²) in [4.78, 5) is 29.9. The molecule has 1 aliphatic heterocycles. The number of aryl methyl sites for hydroxylation is 1. The van der Waals surface area contributed by atoms with Crippen LogP contribution in [0.3, 0.4) is 0 Å². The number of hydrogen-bond acceptors (Lipinski definition) is 6. The van der Waals surface area contributed by atoms with Crippen LogP contribution in [-0.2, 0) is 6.42 Å². The van der Waals surface area contributed by atoms with Crippen molar-refractivity contribution in [2.75, 3.05) is 18.4 Å². The average molecular weight is 445 g/mol. The number of halogens is 2. The molecule has 0 aliphatic carbocycles. The van der Waals surface area contributed by atoms with Crippen molar-refractivity contribution in [1.29, 1.82) is 0 Å². The number of pyridine rings is 2. The zero-order valence-electron chi connectivity index (χ0n) is 16.8. The summed E-state index contributed by atoms with van der Waals surface area (Å²) in [6, 6.07) is 4.57. The van der Waals surface area contributed by atoms with Crippen molar-refractivity contribution < 1.29 is 14.3 Å². The van der Waals surface area contributed by atoms with E-state index >= 15 is 0 Å². The highest BCUT2D eigenvalue weighted by molar-refractivity contribution is 6.29. The number of anilines is 1. The second-order valence-corrected chi connectivity index (χ2v) is 7.82. The molecule has 8 nitrogen and oxygen atoms in total. The number of nitrogens with zero attached hydrogens (tertiary/aromatic N) is 5. The summed E-state index contributed by atoms with van der Waals surface area (Å²) in [5, 5.41) is 13.1. The maximum atomic E-state index is 13.8. The summed E-state index contributed by atoms with van der Waals surface area (Å²) in [5.74, 6) is 0.176. The molecule has 1 atom stereocenters. The van der Waals surface area contributed by atoms with E-state index in [2.05, 4.69) is 25.3 Å². The Labute approximate surface area is 183 Å². The number of fused-ring (bicyclic) bond motifs is 1. The standard InChI is InChI=1S/C21H22ClFN6O2/c22-18-7-6-16-19(28-18)20(27-12-26-16)24-8-2-1-4-15-14(10-13(23)11-25-15)17-5-3-9-29(17)21(30)31/h6-7,10-12,17H,1-5,8-9H2,(H,30,31)(H,24,26,27). The van der Waals surface area contributed by atoms with Crippen molar-refractivity contribution in [3.63, 3.8) is 0 Å². The predicted molar refractivity (Wildman–Crippen MR) is 115 cm³/mol. The Morgan fingerprint density at radius 1 is 1.29 bits per heavy atom. The summed E-state index contributed by atoms with van der Waals surface area (Å²) < 4.78 is 13.8. The van der Waals surface area contributed by atoms with Gasteiger partial charge < -0.3 is 15.3 Å². The van der Waals surface area contributed by atoms with E-state index in [-0.39, 0.29) is 6.04 Å². The highest BCUT2D eigenvalue weighted by Gasteiger charge is 2.31. The van der Waals surface area contributed by atoms with E-state index < -0.39 is 11.9 Å². The Hall–Kier alpha value is -3.07. The van der Waals surface area contributed by atoms with Gasteiger partial charge >= 0.3 is 6.09 Å². The van der Waals surface area contributed by atoms with Gasteiger partial charge in [0.2, 0.25) is 0 Å². The van der Waals surface area contributed by atoms with Crippen molar-refractivity contribution in [1.82, 2.24) is 24.8 Å². The van der Waals surface area contributed by atoms with Gasteiger partial charge in [-0.2, -0.15) is 0 Å². The molecule has 0 aromatic carbocycles. The molecule has 1 saturated heterocycles. The number of carbonyl (C=O) groups is 1. The van der Waals surface area contributed by atoms with Crippen molar-refractivity contribution in [3.05, 3.63) is 53.0 Å². The Balaban J connectivity index is 1.38. The van der Waals surface area contributed by atoms with Crippen LogP contribution in [0.25, 0.3) is 11.0 Å². The van der Waals surface area contributed by atoms with Crippen LogP contribution in [0.1, 0.15) is 43.0 Å². The molecule has 0 spiro atoms. The molecule has 2 N–H and O–H groups in total. The molecule has 10 heteroatoms. The van der Waals surface area contributed by atoms with Gasteiger partial charge in [-0.15, -0.1) is 0 Å². The molecule has 0 radical (unpaired) electrons. The number of likely N-dealkylation sites (tertiary alicyclic amines) is 1. The molecule has 1 aliphatic rings. The van der Waals surface area contributed by atoms with Gasteiger partial charge in [0.05, 0.1) is 17.8 Å². The normalized spacial score (nSPS) is 16.1. The monoisotopic (exact) mass is 444 g/mol. The number of rotatable bonds is 7. The van der Waals surface area contributed by atoms with Crippen LogP contribution in [-0.4, -0.2) is 49.1 Å². The van der Waals surface area contributed by atoms with Crippen molar-refractivity contribution in [2.45, 2.75) is 38.1 Å². The number of hydrogen-bond donors (Lipinski definition) is 2. The van der Waals surface area contributed by atoms with E-state index in [1.807, 2.05) is 0 Å². The molecular formula is C21H22ClFN6O2. The lowest BCUT2D eigenvalue weighted by Crippen LogP contribution is -2.29. The van der Waals surface area contributed by atoms with Gasteiger partial charge in [-0.1, -0.05) is 11.6 Å². The first kappa shape index (κ1) is 21.2. The molecule has 0 bridgehead atoms. The lowest BCUT2D eigenvalue weighted by Gasteiger charge is -2.23. The summed E-state index contributed by atoms with van der Waals surface area (Å²) >= 11 is 5.98. The fourth-order valence-corrected chi connectivity index (χ4v) is 4.12. The lowest BCUT2D eigenvalue weighted by molar-refractivity contribution is 0.140. The van der Waals surface area contributed by atoms with Crippen molar-refractivity contribution in [2.24, 2.45) is 0 Å². The van der Waals surface area contributed by atoms with Gasteiger partial charge in [-0.25, -0.2) is 24.1 Å². The molecule has 162 valence electrons. The summed E-state index contributed by atoms with van der Waals surface area (Å²) in [5.41, 5.74) is 2.75. The first-order valence-corrected chi connectivity index (χ1v) is 10.6. The first-order valence-electron chi connectivity index (χ1n) is 10.2. The smallest absolute Gasteiger partial charge is 0.407 e. The van der Waals surface area contributed by atoms with Gasteiger partial charge in [0, 0.05) is 18.8 Å². The van der Waals surface area contributed by atoms with E-state index in [0.29, 0.717) is 53.5 Å². The fourth-order valence-electron chi connectivity index (χ4n) is 3.97. The molecule has 31 heavy (non-hydrogen) atoms. The molecule has 1 amide bonds. The largest absolute Gasteiger partial charge is 0.465 e. The third-order valence-electron chi connectivity index (χ3n) is 5.41. The van der Waals surface area contributed by atoms with E-state index in [9.17, 15) is 14.3 Å². The van der Waals surface area contributed by atoms with Gasteiger partial charge in [-0.3, -0.25) is 4.98 Å². The zero-order chi connectivity index (χ0) is 21.8. The quantitative estimate of drug-likeness (QED) is 0.409. The Kier molecular flexibility index (Phi) is 6.41. The minimum atomic E-state index is -0.979. The maximum absolute atomic E-state index is 13.8. The van der Waals surface area contributed by atoms with Crippen molar-refractivity contribution >= 4 is 34.5 Å². The van der Waals surface area contributed by atoms with Crippen LogP contribution in [0.5, 0.6) is 0 Å². The number of amides is 1. The second-order valence-electron chi connectivity index (χ2n) is 7.43.